The van der Waals surface area contributed by atoms with Crippen LogP contribution < -0.4 is 5.32 Å². The van der Waals surface area contributed by atoms with E-state index in [1.54, 1.807) is 11.7 Å². The summed E-state index contributed by atoms with van der Waals surface area (Å²) in [4.78, 5) is 11.6. The highest BCUT2D eigenvalue weighted by Gasteiger charge is 2.29. The Bertz CT molecular complexity index is 436. The molecule has 1 fully saturated rings. The van der Waals surface area contributed by atoms with Crippen LogP contribution in [0.4, 0.5) is 0 Å². The molecule has 1 amide bonds. The average Bonchev–Trinajstić information content (AvgIpc) is 2.96. The lowest BCUT2D eigenvalue weighted by Crippen LogP contribution is -2.43. The largest absolute Gasteiger partial charge is 0.468 e. The highest BCUT2D eigenvalue weighted by atomic mass is 32.2. The zero-order chi connectivity index (χ0) is 14.3. The Kier molecular flexibility index (Phi) is 5.73. The van der Waals surface area contributed by atoms with Gasteiger partial charge in [-0.1, -0.05) is 19.3 Å². The third-order valence-corrected chi connectivity index (χ3v) is 4.28. The van der Waals surface area contributed by atoms with Crippen molar-refractivity contribution in [2.45, 2.75) is 43.5 Å². The lowest BCUT2D eigenvalue weighted by molar-refractivity contribution is -0.118. The van der Waals surface area contributed by atoms with Crippen molar-refractivity contribution in [2.24, 2.45) is 0 Å². The molecule has 1 aliphatic carbocycles. The molecule has 1 aromatic heterocycles. The fourth-order valence-corrected chi connectivity index (χ4v) is 2.98. The van der Waals surface area contributed by atoms with Crippen LogP contribution in [-0.4, -0.2) is 23.2 Å². The normalized spacial score (nSPS) is 18.2. The lowest BCUT2D eigenvalue weighted by atomic mass is 9.85. The first-order valence-corrected chi connectivity index (χ1v) is 8.04. The molecular weight excluding hydrogens is 274 g/mol. The van der Waals surface area contributed by atoms with Crippen molar-refractivity contribution in [1.82, 2.24) is 5.32 Å². The number of rotatable bonds is 6. The first kappa shape index (κ1) is 15.2. The molecule has 0 unspecified atom stereocenters. The Balaban J connectivity index is 1.64. The zero-order valence-electron chi connectivity index (χ0n) is 11.5. The Labute approximate surface area is 123 Å². The highest BCUT2D eigenvalue weighted by Crippen LogP contribution is 2.27. The predicted octanol–water partition coefficient (Wildman–Crippen LogP) is 2.84. The van der Waals surface area contributed by atoms with Crippen molar-refractivity contribution < 1.29 is 14.3 Å². The van der Waals surface area contributed by atoms with E-state index >= 15 is 0 Å². The molecule has 0 saturated heterocycles. The summed E-state index contributed by atoms with van der Waals surface area (Å²) in [6, 6.07) is 3.75. The number of nitrogens with one attached hydrogen (secondary N) is 1. The van der Waals surface area contributed by atoms with Gasteiger partial charge < -0.3 is 14.8 Å². The van der Waals surface area contributed by atoms with E-state index in [4.69, 9.17) is 4.42 Å². The predicted molar refractivity (Wildman–Crippen MR) is 80.2 cm³/mol. The quantitative estimate of drug-likeness (QED) is 0.792. The van der Waals surface area contributed by atoms with Crippen LogP contribution in [0, 0.1) is 0 Å². The van der Waals surface area contributed by atoms with Gasteiger partial charge in [-0.2, -0.15) is 0 Å². The first-order valence-electron chi connectivity index (χ1n) is 6.99. The molecule has 110 valence electrons. The first-order chi connectivity index (χ1) is 9.68. The summed E-state index contributed by atoms with van der Waals surface area (Å²) in [7, 11) is 0. The molecule has 1 saturated carbocycles. The third kappa shape index (κ3) is 5.06. The second kappa shape index (κ2) is 7.55. The molecule has 0 aromatic carbocycles. The second-order valence-corrected chi connectivity index (χ2v) is 6.09. The number of furan rings is 1. The molecule has 0 radical (unpaired) electrons. The summed E-state index contributed by atoms with van der Waals surface area (Å²) in [5.41, 5.74) is -0.705. The summed E-state index contributed by atoms with van der Waals surface area (Å²) in [6.07, 6.45) is 7.97. The molecule has 2 rings (SSSR count). The van der Waals surface area contributed by atoms with Gasteiger partial charge in [0.1, 0.15) is 5.76 Å². The smallest absolute Gasteiger partial charge is 0.244 e. The minimum absolute atomic E-state index is 0.157. The van der Waals surface area contributed by atoms with E-state index in [2.05, 4.69) is 5.32 Å². The summed E-state index contributed by atoms with van der Waals surface area (Å²) < 4.78 is 5.19. The van der Waals surface area contributed by atoms with Gasteiger partial charge in [0.25, 0.3) is 0 Å². The van der Waals surface area contributed by atoms with Crippen molar-refractivity contribution in [3.8, 4) is 0 Å². The molecule has 0 atom stereocenters. The molecule has 0 bridgehead atoms. The van der Waals surface area contributed by atoms with E-state index in [0.29, 0.717) is 12.3 Å². The van der Waals surface area contributed by atoms with Crippen LogP contribution in [0.5, 0.6) is 0 Å². The van der Waals surface area contributed by atoms with Gasteiger partial charge in [-0.15, -0.1) is 11.8 Å². The van der Waals surface area contributed by atoms with Gasteiger partial charge in [0.05, 0.1) is 17.6 Å². The standard InChI is InChI=1S/C15H21NO3S/c17-14(6-10-20-11-13-5-4-9-19-13)16-12-15(18)7-2-1-3-8-15/h4-6,9-10,18H,1-3,7-8,11-12H2,(H,16,17)/b10-6+. The van der Waals surface area contributed by atoms with E-state index in [-0.39, 0.29) is 5.91 Å². The average molecular weight is 295 g/mol. The van der Waals surface area contributed by atoms with Crippen LogP contribution in [0.15, 0.2) is 34.3 Å². The molecule has 20 heavy (non-hydrogen) atoms. The minimum Gasteiger partial charge on any atom is -0.468 e. The van der Waals surface area contributed by atoms with Gasteiger partial charge in [-0.3, -0.25) is 4.79 Å². The van der Waals surface area contributed by atoms with Crippen LogP contribution in [0.2, 0.25) is 0 Å². The highest BCUT2D eigenvalue weighted by molar-refractivity contribution is 8.01. The maximum atomic E-state index is 11.6. The second-order valence-electron chi connectivity index (χ2n) is 5.20. The van der Waals surface area contributed by atoms with E-state index in [1.165, 1.54) is 24.3 Å². The topological polar surface area (TPSA) is 62.5 Å². The summed E-state index contributed by atoms with van der Waals surface area (Å²) in [6.45, 7) is 0.346. The van der Waals surface area contributed by atoms with Crippen LogP contribution in [-0.2, 0) is 10.5 Å². The number of thioether (sulfide) groups is 1. The Morgan fingerprint density at radius 1 is 1.45 bits per heavy atom. The summed E-state index contributed by atoms with van der Waals surface area (Å²) in [5.74, 6) is 1.44. The van der Waals surface area contributed by atoms with Crippen molar-refractivity contribution in [1.29, 1.82) is 0 Å². The molecule has 1 aliphatic rings. The Hall–Kier alpha value is -1.20. The number of carbonyl (C=O) groups is 1. The van der Waals surface area contributed by atoms with E-state index in [9.17, 15) is 9.90 Å². The van der Waals surface area contributed by atoms with Crippen LogP contribution in [0.25, 0.3) is 0 Å². The summed E-state index contributed by atoms with van der Waals surface area (Å²) >= 11 is 1.50. The van der Waals surface area contributed by atoms with E-state index in [0.717, 1.165) is 31.4 Å². The van der Waals surface area contributed by atoms with Crippen LogP contribution in [0.1, 0.15) is 37.9 Å². The zero-order valence-corrected chi connectivity index (χ0v) is 12.3. The molecular formula is C15H21NO3S. The Morgan fingerprint density at radius 2 is 2.25 bits per heavy atom. The van der Waals surface area contributed by atoms with E-state index in [1.807, 2.05) is 12.1 Å². The van der Waals surface area contributed by atoms with Gasteiger partial charge in [0.15, 0.2) is 0 Å². The molecule has 0 spiro atoms. The monoisotopic (exact) mass is 295 g/mol. The van der Waals surface area contributed by atoms with E-state index < -0.39 is 5.60 Å². The number of aliphatic hydroxyl groups is 1. The maximum absolute atomic E-state index is 11.6. The fourth-order valence-electron chi connectivity index (χ4n) is 2.33. The Morgan fingerprint density at radius 3 is 2.95 bits per heavy atom. The van der Waals surface area contributed by atoms with Gasteiger partial charge in [0.2, 0.25) is 5.91 Å². The lowest BCUT2D eigenvalue weighted by Gasteiger charge is -2.31. The number of hydrogen-bond acceptors (Lipinski definition) is 4. The molecule has 1 heterocycles. The molecule has 1 aromatic rings. The van der Waals surface area contributed by atoms with Crippen molar-refractivity contribution in [3.63, 3.8) is 0 Å². The van der Waals surface area contributed by atoms with Gasteiger partial charge in [0, 0.05) is 12.6 Å². The SMILES string of the molecule is O=C(/C=C/SCc1ccco1)NCC1(O)CCCCC1. The third-order valence-electron chi connectivity index (χ3n) is 3.50. The molecule has 0 aliphatic heterocycles. The van der Waals surface area contributed by atoms with Gasteiger partial charge >= 0.3 is 0 Å². The summed E-state index contributed by atoms with van der Waals surface area (Å²) in [5, 5.41) is 14.8. The molecule has 4 nitrogen and oxygen atoms in total. The van der Waals surface area contributed by atoms with Crippen LogP contribution in [0.3, 0.4) is 0 Å². The fraction of sp³-hybridized carbons (Fsp3) is 0.533. The van der Waals surface area contributed by atoms with Crippen molar-refractivity contribution >= 4 is 17.7 Å². The van der Waals surface area contributed by atoms with Crippen molar-refractivity contribution in [3.05, 3.63) is 35.6 Å². The van der Waals surface area contributed by atoms with Gasteiger partial charge in [-0.05, 0) is 30.4 Å². The molecule has 5 heteroatoms. The minimum atomic E-state index is -0.705. The molecule has 2 N–H and O–H groups in total. The van der Waals surface area contributed by atoms with Crippen molar-refractivity contribution in [2.75, 3.05) is 6.54 Å². The number of hydrogen-bond donors (Lipinski definition) is 2. The number of carbonyl (C=O) groups excluding carboxylic acids is 1. The number of amides is 1. The maximum Gasteiger partial charge on any atom is 0.244 e. The van der Waals surface area contributed by atoms with Gasteiger partial charge in [-0.25, -0.2) is 0 Å². The van der Waals surface area contributed by atoms with Crippen LogP contribution >= 0.6 is 11.8 Å².